The maximum absolute atomic E-state index is 5.86. The molecular weight excluding hydrogens is 190 g/mol. The first-order chi connectivity index (χ1) is 6.64. The lowest BCUT2D eigenvalue weighted by Crippen LogP contribution is -2.36. The fraction of sp³-hybridized carbons (Fsp3) is 0.818. The molecule has 82 valence electrons. The molecule has 0 aliphatic carbocycles. The maximum atomic E-state index is 5.86. The van der Waals surface area contributed by atoms with Crippen molar-refractivity contribution in [2.24, 2.45) is 0 Å². The van der Waals surface area contributed by atoms with E-state index in [9.17, 15) is 0 Å². The van der Waals surface area contributed by atoms with Gasteiger partial charge in [0.2, 0.25) is 8.32 Å². The van der Waals surface area contributed by atoms with E-state index in [2.05, 4.69) is 24.6 Å². The van der Waals surface area contributed by atoms with Gasteiger partial charge >= 0.3 is 0 Å². The van der Waals surface area contributed by atoms with E-state index in [-0.39, 0.29) is 0 Å². The highest BCUT2D eigenvalue weighted by Crippen LogP contribution is 2.09. The van der Waals surface area contributed by atoms with E-state index in [4.69, 9.17) is 4.43 Å². The average molecular weight is 213 g/mol. The Labute approximate surface area is 89.1 Å². The molecule has 0 saturated carbocycles. The summed E-state index contributed by atoms with van der Waals surface area (Å²) >= 11 is 0. The largest absolute Gasteiger partial charge is 0.412 e. The van der Waals surface area contributed by atoms with Gasteiger partial charge in [0.05, 0.1) is 0 Å². The SMILES string of the molecule is C=C[Si](C)(C)OCCN1CCCCC1. The first kappa shape index (κ1) is 11.9. The molecule has 0 spiro atoms. The van der Waals surface area contributed by atoms with Gasteiger partial charge in [-0.3, -0.25) is 0 Å². The minimum Gasteiger partial charge on any atom is -0.412 e. The smallest absolute Gasteiger partial charge is 0.210 e. The van der Waals surface area contributed by atoms with Crippen LogP contribution in [0.3, 0.4) is 0 Å². The summed E-state index contributed by atoms with van der Waals surface area (Å²) in [5, 5.41) is 0. The Balaban J connectivity index is 2.11. The zero-order valence-corrected chi connectivity index (χ0v) is 10.6. The second-order valence-corrected chi connectivity index (χ2v) is 8.46. The molecule has 1 fully saturated rings. The van der Waals surface area contributed by atoms with Gasteiger partial charge in [-0.25, -0.2) is 0 Å². The third kappa shape index (κ3) is 4.40. The highest BCUT2D eigenvalue weighted by molar-refractivity contribution is 6.76. The second kappa shape index (κ2) is 5.68. The lowest BCUT2D eigenvalue weighted by molar-refractivity contribution is 0.181. The van der Waals surface area contributed by atoms with Crippen LogP contribution in [-0.2, 0) is 4.43 Å². The van der Waals surface area contributed by atoms with Crippen molar-refractivity contribution < 1.29 is 4.43 Å². The van der Waals surface area contributed by atoms with E-state index in [1.54, 1.807) is 0 Å². The van der Waals surface area contributed by atoms with Gasteiger partial charge in [0, 0.05) is 13.2 Å². The van der Waals surface area contributed by atoms with Gasteiger partial charge < -0.3 is 9.33 Å². The quantitative estimate of drug-likeness (QED) is 0.650. The predicted molar refractivity (Wildman–Crippen MR) is 63.9 cm³/mol. The number of piperidine rings is 1. The second-order valence-electron chi connectivity index (χ2n) is 4.56. The predicted octanol–water partition coefficient (Wildman–Crippen LogP) is 2.42. The van der Waals surface area contributed by atoms with Gasteiger partial charge in [0.1, 0.15) is 0 Å². The Hall–Kier alpha value is -0.123. The Morgan fingerprint density at radius 1 is 1.29 bits per heavy atom. The van der Waals surface area contributed by atoms with Gasteiger partial charge in [-0.2, -0.15) is 0 Å². The summed E-state index contributed by atoms with van der Waals surface area (Å²) in [5.41, 5.74) is 2.00. The lowest BCUT2D eigenvalue weighted by atomic mass is 10.1. The van der Waals surface area contributed by atoms with Crippen LogP contribution in [0.15, 0.2) is 12.3 Å². The zero-order valence-electron chi connectivity index (χ0n) is 9.59. The van der Waals surface area contributed by atoms with E-state index in [1.807, 2.05) is 5.70 Å². The highest BCUT2D eigenvalue weighted by atomic mass is 28.4. The highest BCUT2D eigenvalue weighted by Gasteiger charge is 2.17. The minimum absolute atomic E-state index is 0.880. The maximum Gasteiger partial charge on any atom is 0.210 e. The molecule has 0 aromatic carbocycles. The number of hydrogen-bond donors (Lipinski definition) is 0. The summed E-state index contributed by atoms with van der Waals surface area (Å²) in [4.78, 5) is 2.51. The normalized spacial score (nSPS) is 19.6. The molecule has 14 heavy (non-hydrogen) atoms. The van der Waals surface area contributed by atoms with Crippen LogP contribution >= 0.6 is 0 Å². The third-order valence-electron chi connectivity index (χ3n) is 2.82. The number of rotatable bonds is 5. The van der Waals surface area contributed by atoms with Crippen LogP contribution in [0.2, 0.25) is 13.1 Å². The van der Waals surface area contributed by atoms with Crippen molar-refractivity contribution in [1.29, 1.82) is 0 Å². The molecule has 1 heterocycles. The summed E-state index contributed by atoms with van der Waals surface area (Å²) in [6.07, 6.45) is 4.13. The molecule has 0 atom stereocenters. The van der Waals surface area contributed by atoms with Crippen molar-refractivity contribution in [1.82, 2.24) is 4.90 Å². The van der Waals surface area contributed by atoms with E-state index < -0.39 is 8.32 Å². The molecule has 0 bridgehead atoms. The molecule has 0 amide bonds. The average Bonchev–Trinajstić information content (AvgIpc) is 2.19. The summed E-state index contributed by atoms with van der Waals surface area (Å²) in [5.74, 6) is 0. The van der Waals surface area contributed by atoms with Crippen LogP contribution in [-0.4, -0.2) is 39.5 Å². The summed E-state index contributed by atoms with van der Waals surface area (Å²) in [6, 6.07) is 0. The van der Waals surface area contributed by atoms with E-state index in [0.29, 0.717) is 0 Å². The van der Waals surface area contributed by atoms with Gasteiger partial charge in [-0.15, -0.1) is 6.58 Å². The van der Waals surface area contributed by atoms with Crippen LogP contribution in [0.5, 0.6) is 0 Å². The Bertz CT molecular complexity index is 176. The van der Waals surface area contributed by atoms with Gasteiger partial charge in [-0.1, -0.05) is 12.1 Å². The molecule has 0 radical (unpaired) electrons. The Morgan fingerprint density at radius 3 is 2.50 bits per heavy atom. The molecule has 1 rings (SSSR count). The van der Waals surface area contributed by atoms with Crippen molar-refractivity contribution in [2.45, 2.75) is 32.4 Å². The van der Waals surface area contributed by atoms with Gasteiger partial charge in [0.25, 0.3) is 0 Å². The Kier molecular flexibility index (Phi) is 4.85. The fourth-order valence-electron chi connectivity index (χ4n) is 1.68. The molecule has 0 aromatic rings. The Morgan fingerprint density at radius 2 is 1.93 bits per heavy atom. The molecule has 3 heteroatoms. The lowest BCUT2D eigenvalue weighted by Gasteiger charge is -2.28. The summed E-state index contributed by atoms with van der Waals surface area (Å²) in [7, 11) is -1.52. The third-order valence-corrected chi connectivity index (χ3v) is 4.75. The van der Waals surface area contributed by atoms with Gasteiger partial charge in [-0.05, 0) is 39.0 Å². The van der Waals surface area contributed by atoms with Crippen molar-refractivity contribution in [3.8, 4) is 0 Å². The van der Waals surface area contributed by atoms with Crippen LogP contribution in [0.1, 0.15) is 19.3 Å². The molecule has 0 unspecified atom stereocenters. The molecule has 0 N–H and O–H groups in total. The fourth-order valence-corrected chi connectivity index (χ4v) is 2.41. The molecular formula is C11H23NOSi. The van der Waals surface area contributed by atoms with Crippen molar-refractivity contribution in [3.63, 3.8) is 0 Å². The van der Waals surface area contributed by atoms with Crippen LogP contribution in [0.25, 0.3) is 0 Å². The molecule has 2 nitrogen and oxygen atoms in total. The van der Waals surface area contributed by atoms with E-state index >= 15 is 0 Å². The van der Waals surface area contributed by atoms with E-state index in [1.165, 1.54) is 32.4 Å². The first-order valence-corrected chi connectivity index (χ1v) is 8.62. The number of nitrogens with zero attached hydrogens (tertiary/aromatic N) is 1. The summed E-state index contributed by atoms with van der Waals surface area (Å²) in [6.45, 7) is 12.7. The first-order valence-electron chi connectivity index (χ1n) is 5.64. The molecule has 1 aliphatic rings. The van der Waals surface area contributed by atoms with E-state index in [0.717, 1.165) is 13.2 Å². The van der Waals surface area contributed by atoms with Gasteiger partial charge in [0.15, 0.2) is 0 Å². The van der Waals surface area contributed by atoms with Crippen molar-refractivity contribution in [2.75, 3.05) is 26.2 Å². The van der Waals surface area contributed by atoms with Crippen LogP contribution < -0.4 is 0 Å². The number of likely N-dealkylation sites (tertiary alicyclic amines) is 1. The number of hydrogen-bond acceptors (Lipinski definition) is 2. The van der Waals surface area contributed by atoms with Crippen LogP contribution in [0, 0.1) is 0 Å². The molecule has 1 aliphatic heterocycles. The minimum atomic E-state index is -1.52. The molecule has 0 aromatic heterocycles. The van der Waals surface area contributed by atoms with Crippen LogP contribution in [0.4, 0.5) is 0 Å². The summed E-state index contributed by atoms with van der Waals surface area (Å²) < 4.78 is 5.86. The van der Waals surface area contributed by atoms with Crippen molar-refractivity contribution in [3.05, 3.63) is 12.3 Å². The monoisotopic (exact) mass is 213 g/mol. The van der Waals surface area contributed by atoms with Crippen molar-refractivity contribution >= 4 is 8.32 Å². The molecule has 1 saturated heterocycles. The standard InChI is InChI=1S/C11H23NOSi/c1-4-14(2,3)13-11-10-12-8-6-5-7-9-12/h4H,1,5-11H2,2-3H3. The zero-order chi connectivity index (χ0) is 10.4. The topological polar surface area (TPSA) is 12.5 Å².